The molecule has 1 heterocycles. The minimum atomic E-state index is -0.370. The lowest BCUT2D eigenvalue weighted by atomic mass is 10.1. The van der Waals surface area contributed by atoms with Gasteiger partial charge in [0.25, 0.3) is 0 Å². The second-order valence-electron chi connectivity index (χ2n) is 4.62. The third-order valence-corrected chi connectivity index (χ3v) is 3.22. The minimum absolute atomic E-state index is 0.0359. The lowest BCUT2D eigenvalue weighted by Gasteiger charge is -2.22. The molecule has 0 radical (unpaired) electrons. The van der Waals surface area contributed by atoms with Gasteiger partial charge in [-0.25, -0.2) is 4.79 Å². The van der Waals surface area contributed by atoms with Gasteiger partial charge in [-0.2, -0.15) is 0 Å². The monoisotopic (exact) mass is 249 g/mol. The zero-order valence-corrected chi connectivity index (χ0v) is 10.6. The highest BCUT2D eigenvalue weighted by molar-refractivity contribution is 5.95. The van der Waals surface area contributed by atoms with Crippen LogP contribution in [0.1, 0.15) is 35.2 Å². The molecule has 4 nitrogen and oxygen atoms in total. The number of nitrogens with two attached hydrogens (primary N) is 1. The van der Waals surface area contributed by atoms with Gasteiger partial charge in [-0.05, 0) is 37.8 Å². The summed E-state index contributed by atoms with van der Waals surface area (Å²) in [4.78, 5) is 11.9. The van der Waals surface area contributed by atoms with Crippen molar-refractivity contribution in [3.05, 3.63) is 29.3 Å². The quantitative estimate of drug-likeness (QED) is 0.659. The first kappa shape index (κ1) is 12.9. The molecule has 1 saturated heterocycles. The standard InChI is InChI=1S/C14H19NO3/c1-10-5-4-7-12(13(10)15)14(16)18-9-11-6-2-3-8-17-11/h4-5,7,11H,2-3,6,8-9,15H2,1H3. The molecule has 0 spiro atoms. The fourth-order valence-electron chi connectivity index (χ4n) is 2.04. The molecule has 0 amide bonds. The number of esters is 1. The summed E-state index contributed by atoms with van der Waals surface area (Å²) in [6.45, 7) is 2.94. The van der Waals surface area contributed by atoms with Gasteiger partial charge in [0.15, 0.2) is 0 Å². The highest BCUT2D eigenvalue weighted by Crippen LogP contribution is 2.18. The van der Waals surface area contributed by atoms with Crippen LogP contribution in [-0.4, -0.2) is 25.3 Å². The lowest BCUT2D eigenvalue weighted by Crippen LogP contribution is -2.26. The third-order valence-electron chi connectivity index (χ3n) is 3.22. The van der Waals surface area contributed by atoms with E-state index in [0.29, 0.717) is 17.9 Å². The Kier molecular flexibility index (Phi) is 4.20. The highest BCUT2D eigenvalue weighted by Gasteiger charge is 2.18. The molecule has 0 aliphatic carbocycles. The first-order valence-electron chi connectivity index (χ1n) is 6.32. The van der Waals surface area contributed by atoms with E-state index in [4.69, 9.17) is 15.2 Å². The first-order valence-corrected chi connectivity index (χ1v) is 6.32. The normalized spacial score (nSPS) is 19.5. The van der Waals surface area contributed by atoms with Crippen LogP contribution in [0.15, 0.2) is 18.2 Å². The van der Waals surface area contributed by atoms with Gasteiger partial charge in [0, 0.05) is 12.3 Å². The molecule has 0 bridgehead atoms. The summed E-state index contributed by atoms with van der Waals surface area (Å²) in [5, 5.41) is 0. The molecule has 1 fully saturated rings. The van der Waals surface area contributed by atoms with Crippen molar-refractivity contribution in [3.8, 4) is 0 Å². The second-order valence-corrected chi connectivity index (χ2v) is 4.62. The molecular formula is C14H19NO3. The Labute approximate surface area is 107 Å². The Bertz CT molecular complexity index is 425. The topological polar surface area (TPSA) is 61.5 Å². The molecule has 2 rings (SSSR count). The predicted molar refractivity (Wildman–Crippen MR) is 69.5 cm³/mol. The Morgan fingerprint density at radius 3 is 3.06 bits per heavy atom. The maximum Gasteiger partial charge on any atom is 0.340 e. The van der Waals surface area contributed by atoms with Crippen LogP contribution >= 0.6 is 0 Å². The number of carbonyl (C=O) groups excluding carboxylic acids is 1. The molecule has 1 aliphatic heterocycles. The van der Waals surface area contributed by atoms with Gasteiger partial charge in [0.05, 0.1) is 11.7 Å². The van der Waals surface area contributed by atoms with E-state index in [-0.39, 0.29) is 12.1 Å². The van der Waals surface area contributed by atoms with Crippen LogP contribution in [-0.2, 0) is 9.47 Å². The average Bonchev–Trinajstić information content (AvgIpc) is 2.40. The molecule has 98 valence electrons. The van der Waals surface area contributed by atoms with Crippen LogP contribution < -0.4 is 5.73 Å². The average molecular weight is 249 g/mol. The number of nitrogen functional groups attached to an aromatic ring is 1. The van der Waals surface area contributed by atoms with E-state index >= 15 is 0 Å². The third kappa shape index (κ3) is 3.01. The van der Waals surface area contributed by atoms with E-state index in [1.165, 1.54) is 0 Å². The van der Waals surface area contributed by atoms with Gasteiger partial charge in [0.1, 0.15) is 6.61 Å². The number of carbonyl (C=O) groups is 1. The van der Waals surface area contributed by atoms with Crippen molar-refractivity contribution in [1.29, 1.82) is 0 Å². The molecule has 1 unspecified atom stereocenters. The van der Waals surface area contributed by atoms with E-state index in [1.54, 1.807) is 12.1 Å². The summed E-state index contributed by atoms with van der Waals surface area (Å²) < 4.78 is 10.8. The van der Waals surface area contributed by atoms with E-state index in [2.05, 4.69) is 0 Å². The van der Waals surface area contributed by atoms with E-state index in [1.807, 2.05) is 13.0 Å². The summed E-state index contributed by atoms with van der Waals surface area (Å²) >= 11 is 0. The number of anilines is 1. The van der Waals surface area contributed by atoms with Crippen molar-refractivity contribution in [2.45, 2.75) is 32.3 Å². The van der Waals surface area contributed by atoms with Crippen molar-refractivity contribution in [1.82, 2.24) is 0 Å². The highest BCUT2D eigenvalue weighted by atomic mass is 16.6. The molecule has 1 atom stereocenters. The largest absolute Gasteiger partial charge is 0.459 e. The van der Waals surface area contributed by atoms with E-state index in [0.717, 1.165) is 31.4 Å². The number of ether oxygens (including phenoxy) is 2. The Morgan fingerprint density at radius 1 is 1.50 bits per heavy atom. The van der Waals surface area contributed by atoms with Crippen LogP contribution in [0.3, 0.4) is 0 Å². The van der Waals surface area contributed by atoms with Crippen LogP contribution in [0.4, 0.5) is 5.69 Å². The molecule has 1 aromatic carbocycles. The van der Waals surface area contributed by atoms with Crippen LogP contribution in [0.5, 0.6) is 0 Å². The molecule has 0 aromatic heterocycles. The van der Waals surface area contributed by atoms with Gasteiger partial charge in [-0.1, -0.05) is 12.1 Å². The number of rotatable bonds is 3. The van der Waals surface area contributed by atoms with Crippen molar-refractivity contribution < 1.29 is 14.3 Å². The van der Waals surface area contributed by atoms with Gasteiger partial charge < -0.3 is 15.2 Å². The number of hydrogen-bond acceptors (Lipinski definition) is 4. The fourth-order valence-corrected chi connectivity index (χ4v) is 2.04. The van der Waals surface area contributed by atoms with Crippen molar-refractivity contribution in [3.63, 3.8) is 0 Å². The predicted octanol–water partition coefficient (Wildman–Crippen LogP) is 2.30. The lowest BCUT2D eigenvalue weighted by molar-refractivity contribution is -0.0300. The second kappa shape index (κ2) is 5.87. The zero-order chi connectivity index (χ0) is 13.0. The Balaban J connectivity index is 1.93. The summed E-state index contributed by atoms with van der Waals surface area (Å²) in [6, 6.07) is 5.36. The van der Waals surface area contributed by atoms with Crippen molar-refractivity contribution in [2.24, 2.45) is 0 Å². The van der Waals surface area contributed by atoms with Crippen molar-refractivity contribution in [2.75, 3.05) is 18.9 Å². The Morgan fingerprint density at radius 2 is 2.33 bits per heavy atom. The van der Waals surface area contributed by atoms with Crippen LogP contribution in [0.2, 0.25) is 0 Å². The molecule has 0 saturated carbocycles. The van der Waals surface area contributed by atoms with Crippen LogP contribution in [0, 0.1) is 6.92 Å². The molecule has 2 N–H and O–H groups in total. The molecule has 1 aromatic rings. The molecule has 18 heavy (non-hydrogen) atoms. The fraction of sp³-hybridized carbons (Fsp3) is 0.500. The van der Waals surface area contributed by atoms with Gasteiger partial charge in [0.2, 0.25) is 0 Å². The number of para-hydroxylation sites is 1. The zero-order valence-electron chi connectivity index (χ0n) is 10.6. The number of hydrogen-bond donors (Lipinski definition) is 1. The first-order chi connectivity index (χ1) is 8.68. The summed E-state index contributed by atoms with van der Waals surface area (Å²) in [6.07, 6.45) is 3.22. The van der Waals surface area contributed by atoms with Crippen LogP contribution in [0.25, 0.3) is 0 Å². The van der Waals surface area contributed by atoms with Crippen molar-refractivity contribution >= 4 is 11.7 Å². The summed E-state index contributed by atoms with van der Waals surface area (Å²) in [5.74, 6) is -0.370. The summed E-state index contributed by atoms with van der Waals surface area (Å²) in [5.41, 5.74) is 7.68. The van der Waals surface area contributed by atoms with Gasteiger partial charge in [-0.15, -0.1) is 0 Å². The van der Waals surface area contributed by atoms with E-state index < -0.39 is 0 Å². The smallest absolute Gasteiger partial charge is 0.340 e. The number of benzene rings is 1. The molecule has 1 aliphatic rings. The molecule has 4 heteroatoms. The summed E-state index contributed by atoms with van der Waals surface area (Å²) in [7, 11) is 0. The van der Waals surface area contributed by atoms with Gasteiger partial charge >= 0.3 is 5.97 Å². The Hall–Kier alpha value is -1.55. The minimum Gasteiger partial charge on any atom is -0.459 e. The maximum absolute atomic E-state index is 11.9. The van der Waals surface area contributed by atoms with E-state index in [9.17, 15) is 4.79 Å². The molecular weight excluding hydrogens is 230 g/mol. The SMILES string of the molecule is Cc1cccc(C(=O)OCC2CCCCO2)c1N. The number of aryl methyl sites for hydroxylation is 1. The maximum atomic E-state index is 11.9. The van der Waals surface area contributed by atoms with Gasteiger partial charge in [-0.3, -0.25) is 0 Å².